The molecule has 5 aromatic rings. The summed E-state index contributed by atoms with van der Waals surface area (Å²) in [4.78, 5) is 46.6. The summed E-state index contributed by atoms with van der Waals surface area (Å²) >= 11 is 0. The maximum atomic E-state index is 13.1. The molecule has 1 atom stereocenters. The SMILES string of the molecule is CC(=O)N1CCCC1c1cc2[nH]c(-c3ccccn3)nc2cc1Oc1cnc(-c2ccccn2)c(OC(=O)C(F)(F)F)c1. The predicted octanol–water partition coefficient (Wildman–Crippen LogP) is 6.03. The van der Waals surface area contributed by atoms with E-state index in [0.717, 1.165) is 12.5 Å². The number of nitrogens with zero attached hydrogens (tertiary/aromatic N) is 5. The Labute approximate surface area is 242 Å². The van der Waals surface area contributed by atoms with E-state index in [9.17, 15) is 22.8 Å². The number of ether oxygens (including phenoxy) is 2. The van der Waals surface area contributed by atoms with Gasteiger partial charge in [-0.25, -0.2) is 14.8 Å². The number of aromatic amines is 1. The zero-order valence-corrected chi connectivity index (χ0v) is 22.6. The molecule has 1 saturated heterocycles. The van der Waals surface area contributed by atoms with Gasteiger partial charge in [0.2, 0.25) is 5.91 Å². The maximum absolute atomic E-state index is 13.1. The van der Waals surface area contributed by atoms with Gasteiger partial charge in [0.1, 0.15) is 22.9 Å². The third-order valence-electron chi connectivity index (χ3n) is 6.93. The summed E-state index contributed by atoms with van der Waals surface area (Å²) in [5, 5.41) is 0. The monoisotopic (exact) mass is 588 g/mol. The molecule has 1 aliphatic heterocycles. The van der Waals surface area contributed by atoms with E-state index in [4.69, 9.17) is 9.47 Å². The first-order valence-electron chi connectivity index (χ1n) is 13.3. The van der Waals surface area contributed by atoms with Crippen LogP contribution in [0.5, 0.6) is 17.2 Å². The highest BCUT2D eigenvalue weighted by molar-refractivity contribution is 5.83. The van der Waals surface area contributed by atoms with Gasteiger partial charge in [-0.15, -0.1) is 0 Å². The number of nitrogens with one attached hydrogen (secondary N) is 1. The molecule has 6 rings (SSSR count). The molecule has 1 aromatic carbocycles. The van der Waals surface area contributed by atoms with Gasteiger partial charge in [0.15, 0.2) is 11.6 Å². The minimum atomic E-state index is -5.24. The lowest BCUT2D eigenvalue weighted by Gasteiger charge is -2.25. The Bertz CT molecular complexity index is 1810. The van der Waals surface area contributed by atoms with Crippen LogP contribution in [0.3, 0.4) is 0 Å². The van der Waals surface area contributed by atoms with E-state index >= 15 is 0 Å². The Hall–Kier alpha value is -5.33. The number of amides is 1. The topological polar surface area (TPSA) is 123 Å². The van der Waals surface area contributed by atoms with Crippen LogP contribution in [0.25, 0.3) is 33.9 Å². The summed E-state index contributed by atoms with van der Waals surface area (Å²) in [6.07, 6.45) is 0.598. The minimum absolute atomic E-state index is 0.00175. The Morgan fingerprint density at radius 3 is 2.40 bits per heavy atom. The molecule has 43 heavy (non-hydrogen) atoms. The summed E-state index contributed by atoms with van der Waals surface area (Å²) in [6, 6.07) is 14.6. The van der Waals surface area contributed by atoms with Crippen molar-refractivity contribution in [3.8, 4) is 40.2 Å². The zero-order valence-electron chi connectivity index (χ0n) is 22.6. The molecular formula is C30H23F3N6O4. The number of esters is 1. The number of fused-ring (bicyclic) bond motifs is 1. The standard InChI is InChI=1S/C30H23F3N6O4/c1-17(40)39-12-6-9-24(39)19-14-22-23(38-28(37-22)21-8-3-5-11-35-21)15-25(19)42-18-13-26(43-29(41)30(31,32)33)27(36-16-18)20-7-2-4-10-34-20/h2-5,7-8,10-11,13-16,24H,6,9,12H2,1H3,(H,37,38). The average molecular weight is 589 g/mol. The molecule has 218 valence electrons. The van der Waals surface area contributed by atoms with E-state index in [0.29, 0.717) is 46.8 Å². The quantitative estimate of drug-likeness (QED) is 0.239. The number of H-pyrrole nitrogens is 1. The molecule has 0 radical (unpaired) electrons. The highest BCUT2D eigenvalue weighted by atomic mass is 19.4. The van der Waals surface area contributed by atoms with E-state index in [1.807, 2.05) is 18.2 Å². The van der Waals surface area contributed by atoms with Gasteiger partial charge in [0.05, 0.1) is 29.0 Å². The molecule has 4 aromatic heterocycles. The molecule has 0 aliphatic carbocycles. The molecular weight excluding hydrogens is 565 g/mol. The Morgan fingerprint density at radius 1 is 0.977 bits per heavy atom. The summed E-state index contributed by atoms with van der Waals surface area (Å²) in [5.74, 6) is -2.16. The number of likely N-dealkylation sites (tertiary alicyclic amines) is 1. The van der Waals surface area contributed by atoms with Crippen LogP contribution in [0.2, 0.25) is 0 Å². The molecule has 10 nitrogen and oxygen atoms in total. The van der Waals surface area contributed by atoms with Crippen molar-refractivity contribution in [1.29, 1.82) is 0 Å². The van der Waals surface area contributed by atoms with Gasteiger partial charge in [-0.3, -0.25) is 14.8 Å². The third kappa shape index (κ3) is 5.73. The maximum Gasteiger partial charge on any atom is 0.491 e. The van der Waals surface area contributed by atoms with Crippen molar-refractivity contribution in [1.82, 2.24) is 29.8 Å². The summed E-state index contributed by atoms with van der Waals surface area (Å²) in [5.41, 5.74) is 2.63. The van der Waals surface area contributed by atoms with E-state index in [2.05, 4.69) is 24.9 Å². The lowest BCUT2D eigenvalue weighted by atomic mass is 10.0. The van der Waals surface area contributed by atoms with Crippen LogP contribution >= 0.6 is 0 Å². The summed E-state index contributed by atoms with van der Waals surface area (Å²) < 4.78 is 50.3. The van der Waals surface area contributed by atoms with E-state index in [1.54, 1.807) is 35.4 Å². The number of aromatic nitrogens is 5. The number of hydrogen-bond acceptors (Lipinski definition) is 8. The number of benzene rings is 1. The number of carbonyl (C=O) groups is 2. The normalized spacial score (nSPS) is 15.1. The van der Waals surface area contributed by atoms with Crippen molar-refractivity contribution in [2.24, 2.45) is 0 Å². The molecule has 1 fully saturated rings. The lowest BCUT2D eigenvalue weighted by Crippen LogP contribution is -2.28. The molecule has 0 saturated carbocycles. The van der Waals surface area contributed by atoms with Crippen LogP contribution in [-0.4, -0.2) is 54.4 Å². The van der Waals surface area contributed by atoms with Gasteiger partial charge in [0.25, 0.3) is 0 Å². The highest BCUT2D eigenvalue weighted by Gasteiger charge is 2.42. The number of carbonyl (C=O) groups excluding carboxylic acids is 2. The van der Waals surface area contributed by atoms with Crippen LogP contribution in [0.1, 0.15) is 31.4 Å². The van der Waals surface area contributed by atoms with Crippen molar-refractivity contribution >= 4 is 22.9 Å². The molecule has 0 bridgehead atoms. The predicted molar refractivity (Wildman–Crippen MR) is 148 cm³/mol. The number of pyridine rings is 3. The largest absolute Gasteiger partial charge is 0.491 e. The smallest absolute Gasteiger partial charge is 0.455 e. The molecule has 1 N–H and O–H groups in total. The van der Waals surface area contributed by atoms with Gasteiger partial charge in [0, 0.05) is 43.6 Å². The van der Waals surface area contributed by atoms with Gasteiger partial charge in [-0.05, 0) is 43.2 Å². The zero-order chi connectivity index (χ0) is 30.1. The van der Waals surface area contributed by atoms with Crippen LogP contribution in [0.4, 0.5) is 13.2 Å². The Morgan fingerprint density at radius 2 is 1.72 bits per heavy atom. The molecule has 1 amide bonds. The fourth-order valence-corrected chi connectivity index (χ4v) is 5.03. The number of imidazole rings is 1. The van der Waals surface area contributed by atoms with Crippen LogP contribution in [-0.2, 0) is 9.59 Å². The van der Waals surface area contributed by atoms with E-state index in [-0.39, 0.29) is 29.1 Å². The molecule has 1 aliphatic rings. The Balaban J connectivity index is 1.44. The minimum Gasteiger partial charge on any atom is -0.455 e. The van der Waals surface area contributed by atoms with Gasteiger partial charge in [-0.2, -0.15) is 13.2 Å². The Kier molecular flexibility index (Phi) is 7.22. The second-order valence-corrected chi connectivity index (χ2v) is 9.80. The fourth-order valence-electron chi connectivity index (χ4n) is 5.03. The number of alkyl halides is 3. The first-order chi connectivity index (χ1) is 20.7. The van der Waals surface area contributed by atoms with Crippen LogP contribution in [0, 0.1) is 0 Å². The highest BCUT2D eigenvalue weighted by Crippen LogP contribution is 2.42. The molecule has 1 unspecified atom stereocenters. The summed E-state index contributed by atoms with van der Waals surface area (Å²) in [6.45, 7) is 2.06. The first-order valence-corrected chi connectivity index (χ1v) is 13.3. The number of halogens is 3. The van der Waals surface area contributed by atoms with Crippen LogP contribution in [0.15, 0.2) is 73.2 Å². The third-order valence-corrected chi connectivity index (χ3v) is 6.93. The van der Waals surface area contributed by atoms with Gasteiger partial charge in [-0.1, -0.05) is 12.1 Å². The van der Waals surface area contributed by atoms with E-state index in [1.165, 1.54) is 25.4 Å². The second kappa shape index (κ2) is 11.2. The first kappa shape index (κ1) is 27.8. The number of rotatable bonds is 6. The van der Waals surface area contributed by atoms with Crippen molar-refractivity contribution in [2.45, 2.75) is 32.0 Å². The fraction of sp³-hybridized carbons (Fsp3) is 0.200. The van der Waals surface area contributed by atoms with Gasteiger partial charge < -0.3 is 19.4 Å². The van der Waals surface area contributed by atoms with E-state index < -0.39 is 17.9 Å². The van der Waals surface area contributed by atoms with Crippen molar-refractivity contribution in [3.05, 3.63) is 78.8 Å². The second-order valence-electron chi connectivity index (χ2n) is 9.80. The number of hydrogen-bond donors (Lipinski definition) is 1. The van der Waals surface area contributed by atoms with Crippen molar-refractivity contribution in [2.75, 3.05) is 6.54 Å². The van der Waals surface area contributed by atoms with Gasteiger partial charge >= 0.3 is 12.1 Å². The average Bonchev–Trinajstić information content (AvgIpc) is 3.65. The summed E-state index contributed by atoms with van der Waals surface area (Å²) in [7, 11) is 0. The molecule has 13 heteroatoms. The van der Waals surface area contributed by atoms with Crippen molar-refractivity contribution in [3.63, 3.8) is 0 Å². The lowest BCUT2D eigenvalue weighted by molar-refractivity contribution is -0.189. The van der Waals surface area contributed by atoms with Crippen molar-refractivity contribution < 1.29 is 32.2 Å². The molecule has 5 heterocycles. The molecule has 0 spiro atoms. The van der Waals surface area contributed by atoms with Crippen LogP contribution < -0.4 is 9.47 Å².